The minimum absolute atomic E-state index is 0.0442. The van der Waals surface area contributed by atoms with Gasteiger partial charge in [-0.15, -0.1) is 0 Å². The van der Waals surface area contributed by atoms with Gasteiger partial charge in [-0.2, -0.15) is 0 Å². The summed E-state index contributed by atoms with van der Waals surface area (Å²) in [5, 5.41) is 48.3. The second kappa shape index (κ2) is 10.8. The number of benzene rings is 1. The van der Waals surface area contributed by atoms with Gasteiger partial charge in [-0.25, -0.2) is 0 Å². The Hall–Kier alpha value is -3.90. The van der Waals surface area contributed by atoms with Crippen molar-refractivity contribution in [2.24, 2.45) is 34.3 Å². The molecule has 254 valence electrons. The number of aromatic hydroxyl groups is 1. The Labute approximate surface area is 274 Å². The molecule has 5 aliphatic rings. The van der Waals surface area contributed by atoms with Crippen LogP contribution in [0.2, 0.25) is 0 Å². The molecule has 0 aromatic heterocycles. The number of carbonyl (C=O) groups excluding carboxylic acids is 4. The number of primary amides is 1. The largest absolute Gasteiger partial charge is 0.508 e. The van der Waals surface area contributed by atoms with E-state index < -0.39 is 57.8 Å². The van der Waals surface area contributed by atoms with E-state index >= 15 is 0 Å². The molecule has 0 bridgehead atoms. The number of ketones is 2. The number of anilines is 2. The standard InChI is InChI=1S/C35H46N4O8/c1-33(2)11-19(12-34(3,4)15-33)39-13-17(14-39)32(46)37-21-10-22(38(5)6)20-8-16-7-18-9-23(40)26(31(36)45)30(44)35(18,47)29(43)24(16)28(42)25(20)27(21)41/h10,16-19,41-42,44,47H,7-9,11-15H2,1-6H3,(H2,36,45)(H,37,46)/t16-,18+,35+/m1/s1. The molecule has 0 spiro atoms. The monoisotopic (exact) mass is 650 g/mol. The van der Waals surface area contributed by atoms with Gasteiger partial charge in [-0.3, -0.25) is 24.1 Å². The van der Waals surface area contributed by atoms with Crippen molar-refractivity contribution in [1.82, 2.24) is 4.90 Å². The highest BCUT2D eigenvalue weighted by atomic mass is 16.3. The Morgan fingerprint density at radius 2 is 1.64 bits per heavy atom. The van der Waals surface area contributed by atoms with E-state index in [4.69, 9.17) is 5.73 Å². The summed E-state index contributed by atoms with van der Waals surface area (Å²) in [5.74, 6) is -7.46. The predicted molar refractivity (Wildman–Crippen MR) is 175 cm³/mol. The maximum absolute atomic E-state index is 13.9. The average Bonchev–Trinajstić information content (AvgIpc) is 2.89. The number of nitrogens with one attached hydrogen (secondary N) is 1. The van der Waals surface area contributed by atoms with Crippen molar-refractivity contribution in [1.29, 1.82) is 0 Å². The molecule has 7 N–H and O–H groups in total. The quantitative estimate of drug-likeness (QED) is 0.204. The van der Waals surface area contributed by atoms with Gasteiger partial charge < -0.3 is 36.4 Å². The highest BCUT2D eigenvalue weighted by Crippen LogP contribution is 2.54. The van der Waals surface area contributed by atoms with Crippen molar-refractivity contribution in [3.63, 3.8) is 0 Å². The van der Waals surface area contributed by atoms with Crippen molar-refractivity contribution in [3.8, 4) is 5.75 Å². The first-order chi connectivity index (χ1) is 21.8. The predicted octanol–water partition coefficient (Wildman–Crippen LogP) is 2.97. The number of Topliss-reactive ketones (excluding diaryl/α,β-unsaturated/α-hetero) is 2. The summed E-state index contributed by atoms with van der Waals surface area (Å²) in [5.41, 5.74) is 3.18. The van der Waals surface area contributed by atoms with Crippen LogP contribution in [0.25, 0.3) is 5.76 Å². The summed E-state index contributed by atoms with van der Waals surface area (Å²) in [4.78, 5) is 56.1. The first-order valence-electron chi connectivity index (χ1n) is 16.3. The smallest absolute Gasteiger partial charge is 0.255 e. The molecule has 0 unspecified atom stereocenters. The number of hydrogen-bond acceptors (Lipinski definition) is 10. The van der Waals surface area contributed by atoms with Gasteiger partial charge in [0, 0.05) is 56.8 Å². The summed E-state index contributed by atoms with van der Waals surface area (Å²) in [7, 11) is 3.56. The molecule has 1 aliphatic heterocycles. The number of aliphatic hydroxyl groups excluding tert-OH is 2. The van der Waals surface area contributed by atoms with Crippen LogP contribution < -0.4 is 16.0 Å². The van der Waals surface area contributed by atoms with Crippen LogP contribution in [0.4, 0.5) is 11.4 Å². The van der Waals surface area contributed by atoms with E-state index in [2.05, 4.69) is 37.9 Å². The highest BCUT2D eigenvalue weighted by molar-refractivity contribution is 6.22. The first-order valence-corrected chi connectivity index (χ1v) is 16.3. The summed E-state index contributed by atoms with van der Waals surface area (Å²) in [6.07, 6.45) is 3.13. The zero-order valence-corrected chi connectivity index (χ0v) is 27.9. The van der Waals surface area contributed by atoms with E-state index in [1.165, 1.54) is 0 Å². The van der Waals surface area contributed by atoms with E-state index in [1.807, 2.05) is 0 Å². The molecule has 12 heteroatoms. The molecule has 0 radical (unpaired) electrons. The first kappa shape index (κ1) is 33.0. The molecule has 1 aromatic rings. The zero-order chi connectivity index (χ0) is 34.5. The van der Waals surface area contributed by atoms with E-state index in [0.29, 0.717) is 30.4 Å². The molecule has 2 amide bonds. The van der Waals surface area contributed by atoms with Gasteiger partial charge in [0.05, 0.1) is 17.2 Å². The Balaban J connectivity index is 1.30. The number of nitrogens with zero attached hydrogens (tertiary/aromatic N) is 2. The number of likely N-dealkylation sites (tertiary alicyclic amines) is 1. The van der Waals surface area contributed by atoms with Crippen molar-refractivity contribution in [2.45, 2.75) is 77.9 Å². The highest BCUT2D eigenvalue weighted by Gasteiger charge is 2.60. The second-order valence-corrected chi connectivity index (χ2v) is 16.2. The number of rotatable bonds is 5. The summed E-state index contributed by atoms with van der Waals surface area (Å²) in [6, 6.07) is 2.04. The molecule has 47 heavy (non-hydrogen) atoms. The molecule has 4 aliphatic carbocycles. The molecule has 3 fully saturated rings. The topological polar surface area (TPSA) is 194 Å². The molecule has 2 saturated carbocycles. The van der Waals surface area contributed by atoms with E-state index in [0.717, 1.165) is 19.3 Å². The number of phenolic OH excluding ortho intramolecular Hbond substituents is 1. The number of hydrogen-bond donors (Lipinski definition) is 6. The third kappa shape index (κ3) is 5.20. The molecule has 1 saturated heterocycles. The van der Waals surface area contributed by atoms with Crippen LogP contribution >= 0.6 is 0 Å². The van der Waals surface area contributed by atoms with Crippen molar-refractivity contribution in [2.75, 3.05) is 37.4 Å². The zero-order valence-electron chi connectivity index (χ0n) is 27.9. The van der Waals surface area contributed by atoms with Crippen molar-refractivity contribution < 1.29 is 39.6 Å². The molecule has 3 atom stereocenters. The molecule has 12 nitrogen and oxygen atoms in total. The van der Waals surface area contributed by atoms with Crippen LogP contribution in [-0.4, -0.2) is 87.5 Å². The van der Waals surface area contributed by atoms with Gasteiger partial charge in [0.2, 0.25) is 11.7 Å². The van der Waals surface area contributed by atoms with Gasteiger partial charge in [-0.1, -0.05) is 27.7 Å². The van der Waals surface area contributed by atoms with Gasteiger partial charge in [-0.05, 0) is 60.5 Å². The van der Waals surface area contributed by atoms with Crippen LogP contribution in [0.3, 0.4) is 0 Å². The number of carbonyl (C=O) groups is 4. The van der Waals surface area contributed by atoms with E-state index in [-0.39, 0.29) is 58.7 Å². The fourth-order valence-electron chi connectivity index (χ4n) is 9.42. The van der Waals surface area contributed by atoms with Crippen LogP contribution in [0.15, 0.2) is 23.0 Å². The lowest BCUT2D eigenvalue weighted by Gasteiger charge is -2.52. The van der Waals surface area contributed by atoms with Crippen LogP contribution in [0, 0.1) is 28.6 Å². The van der Waals surface area contributed by atoms with Gasteiger partial charge in [0.25, 0.3) is 5.91 Å². The van der Waals surface area contributed by atoms with Crippen molar-refractivity contribution in [3.05, 3.63) is 34.1 Å². The lowest BCUT2D eigenvalue weighted by molar-refractivity contribution is -0.147. The lowest BCUT2D eigenvalue weighted by Crippen LogP contribution is -2.58. The van der Waals surface area contributed by atoms with E-state index in [1.54, 1.807) is 25.1 Å². The van der Waals surface area contributed by atoms with Crippen molar-refractivity contribution >= 4 is 40.5 Å². The summed E-state index contributed by atoms with van der Waals surface area (Å²) in [6.45, 7) is 10.4. The van der Waals surface area contributed by atoms with Gasteiger partial charge in [0.1, 0.15) is 22.8 Å². The molecule has 1 aromatic carbocycles. The fraction of sp³-hybridized carbons (Fsp3) is 0.600. The Morgan fingerprint density at radius 1 is 1.02 bits per heavy atom. The number of fused-ring (bicyclic) bond motifs is 3. The Morgan fingerprint density at radius 3 is 2.21 bits per heavy atom. The number of amides is 2. The van der Waals surface area contributed by atoms with Gasteiger partial charge in [0.15, 0.2) is 11.4 Å². The van der Waals surface area contributed by atoms with E-state index in [9.17, 15) is 39.6 Å². The summed E-state index contributed by atoms with van der Waals surface area (Å²) < 4.78 is 0. The number of nitrogens with two attached hydrogens (primary N) is 1. The number of aliphatic hydroxyl groups is 3. The molecule has 1 heterocycles. The second-order valence-electron chi connectivity index (χ2n) is 16.2. The normalized spacial score (nSPS) is 29.1. The van der Waals surface area contributed by atoms with Gasteiger partial charge >= 0.3 is 0 Å². The van der Waals surface area contributed by atoms with Crippen LogP contribution in [0.5, 0.6) is 5.75 Å². The maximum Gasteiger partial charge on any atom is 0.255 e. The maximum atomic E-state index is 13.9. The number of phenols is 1. The lowest BCUT2D eigenvalue weighted by atomic mass is 9.59. The molecular formula is C35H46N4O8. The minimum Gasteiger partial charge on any atom is -0.508 e. The third-order valence-corrected chi connectivity index (χ3v) is 11.1. The van der Waals surface area contributed by atoms with Crippen LogP contribution in [0.1, 0.15) is 70.9 Å². The summed E-state index contributed by atoms with van der Waals surface area (Å²) >= 11 is 0. The minimum atomic E-state index is -2.64. The molecule has 6 rings (SSSR count). The Kier molecular flexibility index (Phi) is 7.60. The third-order valence-electron chi connectivity index (χ3n) is 11.1. The molecular weight excluding hydrogens is 604 g/mol. The SMILES string of the molecule is CN(C)c1cc(NC(=O)C2CN(C3CC(C)(C)CC(C)(C)C3)C2)c(O)c2c1C[C@H]1C[C@H]3CC(=O)C(C(N)=O)=C(O)[C@@]3(O)C(=O)C1=C2O. The average molecular weight is 651 g/mol. The fourth-order valence-corrected chi connectivity index (χ4v) is 9.42. The van der Waals surface area contributed by atoms with Crippen LogP contribution in [-0.2, 0) is 25.6 Å². The Bertz CT molecular complexity index is 1650.